The van der Waals surface area contributed by atoms with Crippen LogP contribution in [0.15, 0.2) is 35.9 Å². The van der Waals surface area contributed by atoms with Crippen LogP contribution in [0.25, 0.3) is 0 Å². The molecule has 0 fully saturated rings. The van der Waals surface area contributed by atoms with Crippen molar-refractivity contribution in [1.29, 1.82) is 0 Å². The number of carbonyl (C=O) groups excluding carboxylic acids is 1. The molecule has 2 aliphatic heterocycles. The molecule has 4 heteroatoms. The lowest BCUT2D eigenvalue weighted by Gasteiger charge is -2.25. The Morgan fingerprint density at radius 1 is 1.38 bits per heavy atom. The summed E-state index contributed by atoms with van der Waals surface area (Å²) in [4.78, 5) is 12.4. The number of fused-ring (bicyclic) bond motifs is 1. The molecule has 2 heterocycles. The highest BCUT2D eigenvalue weighted by atomic mass is 16.5. The van der Waals surface area contributed by atoms with Crippen LogP contribution in [0.4, 0.5) is 0 Å². The molecule has 0 saturated heterocycles. The molecule has 21 heavy (non-hydrogen) atoms. The van der Waals surface area contributed by atoms with E-state index in [1.807, 2.05) is 24.3 Å². The Morgan fingerprint density at radius 3 is 3.14 bits per heavy atom. The molecule has 1 aromatic carbocycles. The minimum Gasteiger partial charge on any atom is -0.493 e. The van der Waals surface area contributed by atoms with Gasteiger partial charge in [0.2, 0.25) is 5.91 Å². The third-order valence-electron chi connectivity index (χ3n) is 4.18. The highest BCUT2D eigenvalue weighted by Crippen LogP contribution is 2.33. The molecule has 1 amide bonds. The lowest BCUT2D eigenvalue weighted by atomic mass is 9.92. The number of hydrogen-bond acceptors (Lipinski definition) is 3. The van der Waals surface area contributed by atoms with E-state index in [0.717, 1.165) is 50.2 Å². The van der Waals surface area contributed by atoms with Gasteiger partial charge in [-0.1, -0.05) is 29.8 Å². The molecule has 112 valence electrons. The van der Waals surface area contributed by atoms with E-state index in [9.17, 15) is 4.79 Å². The first-order valence-corrected chi connectivity index (χ1v) is 7.72. The van der Waals surface area contributed by atoms with Crippen LogP contribution in [0.5, 0.6) is 5.75 Å². The van der Waals surface area contributed by atoms with E-state index in [0.29, 0.717) is 6.61 Å². The third kappa shape index (κ3) is 3.45. The topological polar surface area (TPSA) is 50.4 Å². The summed E-state index contributed by atoms with van der Waals surface area (Å²) in [6, 6.07) is 7.85. The Hall–Kier alpha value is -1.81. The molecule has 3 rings (SSSR count). The first kappa shape index (κ1) is 14.1. The standard InChI is InChI=1S/C17H22N2O2/c20-17(19-11-7-13-5-9-18-10-6-13)15-8-12-21-16-4-2-1-3-14(15)16/h1-5,15,18H,6-12H2,(H,19,20). The maximum absolute atomic E-state index is 12.4. The number of hydrogen-bond donors (Lipinski definition) is 2. The molecule has 0 radical (unpaired) electrons. The number of rotatable bonds is 4. The number of nitrogens with one attached hydrogen (secondary N) is 2. The lowest BCUT2D eigenvalue weighted by Crippen LogP contribution is -2.33. The van der Waals surface area contributed by atoms with Gasteiger partial charge in [0.1, 0.15) is 5.75 Å². The quantitative estimate of drug-likeness (QED) is 0.832. The minimum atomic E-state index is -0.0723. The molecule has 1 atom stereocenters. The highest BCUT2D eigenvalue weighted by molar-refractivity contribution is 5.84. The van der Waals surface area contributed by atoms with E-state index in [1.165, 1.54) is 5.57 Å². The van der Waals surface area contributed by atoms with E-state index < -0.39 is 0 Å². The Balaban J connectivity index is 1.55. The van der Waals surface area contributed by atoms with Crippen LogP contribution in [-0.2, 0) is 4.79 Å². The predicted octanol–water partition coefficient (Wildman–Crippen LogP) is 1.98. The molecular formula is C17H22N2O2. The average Bonchev–Trinajstić information content (AvgIpc) is 2.55. The van der Waals surface area contributed by atoms with Crippen LogP contribution in [-0.4, -0.2) is 32.1 Å². The van der Waals surface area contributed by atoms with Crippen molar-refractivity contribution < 1.29 is 9.53 Å². The van der Waals surface area contributed by atoms with Gasteiger partial charge in [-0.3, -0.25) is 4.79 Å². The average molecular weight is 286 g/mol. The van der Waals surface area contributed by atoms with Gasteiger partial charge in [-0.15, -0.1) is 0 Å². The van der Waals surface area contributed by atoms with E-state index in [-0.39, 0.29) is 11.8 Å². The summed E-state index contributed by atoms with van der Waals surface area (Å²) in [5, 5.41) is 6.38. The summed E-state index contributed by atoms with van der Waals surface area (Å²) in [5.41, 5.74) is 2.46. The van der Waals surface area contributed by atoms with Crippen LogP contribution in [0, 0.1) is 0 Å². The molecule has 0 bridgehead atoms. The molecule has 1 aromatic rings. The van der Waals surface area contributed by atoms with Crippen molar-refractivity contribution in [3.63, 3.8) is 0 Å². The van der Waals surface area contributed by atoms with Crippen molar-refractivity contribution in [3.8, 4) is 5.75 Å². The predicted molar refractivity (Wildman–Crippen MR) is 82.5 cm³/mol. The number of benzene rings is 1. The fourth-order valence-corrected chi connectivity index (χ4v) is 2.98. The summed E-state index contributed by atoms with van der Waals surface area (Å²) in [5.74, 6) is 0.905. The van der Waals surface area contributed by atoms with Gasteiger partial charge in [0.25, 0.3) is 0 Å². The van der Waals surface area contributed by atoms with Crippen LogP contribution in [0.1, 0.15) is 30.7 Å². The maximum Gasteiger partial charge on any atom is 0.227 e. The minimum absolute atomic E-state index is 0.0723. The van der Waals surface area contributed by atoms with Crippen LogP contribution < -0.4 is 15.4 Å². The monoisotopic (exact) mass is 286 g/mol. The summed E-state index contributed by atoms with van der Waals surface area (Å²) in [6.07, 6.45) is 5.04. The van der Waals surface area contributed by atoms with E-state index in [2.05, 4.69) is 16.7 Å². The molecule has 0 aliphatic carbocycles. The Morgan fingerprint density at radius 2 is 2.29 bits per heavy atom. The smallest absolute Gasteiger partial charge is 0.227 e. The Labute approximate surface area is 125 Å². The van der Waals surface area contributed by atoms with Crippen LogP contribution in [0.3, 0.4) is 0 Å². The van der Waals surface area contributed by atoms with Gasteiger partial charge in [0.15, 0.2) is 0 Å². The number of ether oxygens (including phenoxy) is 1. The summed E-state index contributed by atoms with van der Waals surface area (Å²) < 4.78 is 5.61. The second-order valence-electron chi connectivity index (χ2n) is 5.59. The summed E-state index contributed by atoms with van der Waals surface area (Å²) >= 11 is 0. The van der Waals surface area contributed by atoms with Gasteiger partial charge in [-0.05, 0) is 31.9 Å². The molecule has 0 saturated carbocycles. The van der Waals surface area contributed by atoms with Gasteiger partial charge in [-0.25, -0.2) is 0 Å². The first-order chi connectivity index (χ1) is 10.3. The van der Waals surface area contributed by atoms with Crippen molar-refractivity contribution >= 4 is 5.91 Å². The number of carbonyl (C=O) groups is 1. The normalized spacial score (nSPS) is 21.0. The molecule has 0 spiro atoms. The van der Waals surface area contributed by atoms with Crippen molar-refractivity contribution in [1.82, 2.24) is 10.6 Å². The van der Waals surface area contributed by atoms with E-state index in [4.69, 9.17) is 4.74 Å². The molecule has 4 nitrogen and oxygen atoms in total. The van der Waals surface area contributed by atoms with Crippen molar-refractivity contribution in [2.24, 2.45) is 0 Å². The summed E-state index contributed by atoms with van der Waals surface area (Å²) in [7, 11) is 0. The van der Waals surface area contributed by atoms with Crippen LogP contribution >= 0.6 is 0 Å². The first-order valence-electron chi connectivity index (χ1n) is 7.72. The zero-order valence-electron chi connectivity index (χ0n) is 12.2. The zero-order valence-corrected chi connectivity index (χ0v) is 12.2. The second kappa shape index (κ2) is 6.76. The van der Waals surface area contributed by atoms with Crippen molar-refractivity contribution in [3.05, 3.63) is 41.5 Å². The molecule has 1 unspecified atom stereocenters. The van der Waals surface area contributed by atoms with Gasteiger partial charge in [0, 0.05) is 18.7 Å². The fraction of sp³-hybridized carbons (Fsp3) is 0.471. The van der Waals surface area contributed by atoms with E-state index >= 15 is 0 Å². The van der Waals surface area contributed by atoms with Crippen molar-refractivity contribution in [2.45, 2.75) is 25.2 Å². The fourth-order valence-electron chi connectivity index (χ4n) is 2.98. The Kier molecular flexibility index (Phi) is 4.55. The molecule has 2 N–H and O–H groups in total. The molecule has 0 aromatic heterocycles. The van der Waals surface area contributed by atoms with Crippen molar-refractivity contribution in [2.75, 3.05) is 26.2 Å². The maximum atomic E-state index is 12.4. The number of para-hydroxylation sites is 1. The Bertz CT molecular complexity index is 539. The van der Waals surface area contributed by atoms with Gasteiger partial charge in [0.05, 0.1) is 12.5 Å². The summed E-state index contributed by atoms with van der Waals surface area (Å²) in [6.45, 7) is 3.35. The highest BCUT2D eigenvalue weighted by Gasteiger charge is 2.26. The second-order valence-corrected chi connectivity index (χ2v) is 5.59. The molecule has 2 aliphatic rings. The molecular weight excluding hydrogens is 264 g/mol. The SMILES string of the molecule is O=C(NCCC1=CCNCC1)C1CCOc2ccccc21. The largest absolute Gasteiger partial charge is 0.493 e. The van der Waals surface area contributed by atoms with E-state index in [1.54, 1.807) is 0 Å². The third-order valence-corrected chi connectivity index (χ3v) is 4.18. The van der Waals surface area contributed by atoms with Gasteiger partial charge < -0.3 is 15.4 Å². The van der Waals surface area contributed by atoms with Gasteiger partial charge >= 0.3 is 0 Å². The number of amides is 1. The van der Waals surface area contributed by atoms with Gasteiger partial charge in [-0.2, -0.15) is 0 Å². The van der Waals surface area contributed by atoms with Crippen LogP contribution in [0.2, 0.25) is 0 Å². The zero-order chi connectivity index (χ0) is 14.5. The lowest BCUT2D eigenvalue weighted by molar-refractivity contribution is -0.123.